The summed E-state index contributed by atoms with van der Waals surface area (Å²) in [6.07, 6.45) is 0. The fourth-order valence-electron chi connectivity index (χ4n) is 2.31. The van der Waals surface area contributed by atoms with Crippen LogP contribution in [0, 0.1) is 0 Å². The third-order valence-electron chi connectivity index (χ3n) is 3.63. The first kappa shape index (κ1) is 19.0. The average Bonchev–Trinajstić information content (AvgIpc) is 2.80. The van der Waals surface area contributed by atoms with Gasteiger partial charge in [0.05, 0.1) is 17.1 Å². The Labute approximate surface area is 156 Å². The normalized spacial score (nSPS) is 12.1. The molecule has 1 N–H and O–H groups in total. The zero-order valence-electron chi connectivity index (χ0n) is 13.7. The van der Waals surface area contributed by atoms with Crippen LogP contribution in [0.5, 0.6) is 5.75 Å². The lowest BCUT2D eigenvalue weighted by Crippen LogP contribution is -2.22. The Morgan fingerprint density at radius 1 is 1.26 bits per heavy atom. The molecule has 0 aliphatic heterocycles. The van der Waals surface area contributed by atoms with Crippen LogP contribution in [0.2, 0.25) is 30.7 Å². The summed E-state index contributed by atoms with van der Waals surface area (Å²) in [6, 6.07) is 6.85. The van der Waals surface area contributed by atoms with Crippen LogP contribution < -0.4 is 4.74 Å². The molecular formula is C16H23ClINO3Si. The minimum Gasteiger partial charge on any atom is -0.482 e. The largest absolute Gasteiger partial charge is 0.482 e. The number of hydrogen-bond acceptors (Lipinski definition) is 3. The van der Waals surface area contributed by atoms with Crippen LogP contribution in [0.25, 0.3) is 10.9 Å². The summed E-state index contributed by atoms with van der Waals surface area (Å²) in [7, 11) is -1.10. The van der Waals surface area contributed by atoms with Crippen molar-refractivity contribution in [3.05, 3.63) is 28.9 Å². The van der Waals surface area contributed by atoms with Crippen molar-refractivity contribution in [2.45, 2.75) is 39.0 Å². The van der Waals surface area contributed by atoms with E-state index in [4.69, 9.17) is 21.1 Å². The maximum Gasteiger partial charge on any atom is 0.141 e. The number of fused-ring (bicyclic) bond motifs is 1. The third kappa shape index (κ3) is 5.09. The summed E-state index contributed by atoms with van der Waals surface area (Å²) in [6.45, 7) is 8.12. The number of hydrogen-bond donors (Lipinski definition) is 1. The summed E-state index contributed by atoms with van der Waals surface area (Å²) < 4.78 is 13.9. The maximum absolute atomic E-state index is 9.61. The first-order valence-electron chi connectivity index (χ1n) is 7.55. The topological polar surface area (TPSA) is 43.6 Å². The van der Waals surface area contributed by atoms with E-state index in [1.54, 1.807) is 0 Å². The quantitative estimate of drug-likeness (QED) is 0.261. The predicted molar refractivity (Wildman–Crippen MR) is 106 cm³/mol. The minimum atomic E-state index is -1.10. The van der Waals surface area contributed by atoms with E-state index < -0.39 is 8.07 Å². The van der Waals surface area contributed by atoms with Gasteiger partial charge >= 0.3 is 0 Å². The first-order valence-corrected chi connectivity index (χ1v) is 13.2. The summed E-state index contributed by atoms with van der Waals surface area (Å²) in [4.78, 5) is 0. The zero-order valence-corrected chi connectivity index (χ0v) is 17.6. The zero-order chi connectivity index (χ0) is 17.0. The SMILES string of the molecule is C[Si](C)(C)CCOCn1c(CO)cc2cc(Cl)c(OCI)cc21. The molecule has 0 fully saturated rings. The van der Waals surface area contributed by atoms with Crippen LogP contribution in [-0.2, 0) is 18.1 Å². The monoisotopic (exact) mass is 467 g/mol. The molecule has 0 saturated carbocycles. The lowest BCUT2D eigenvalue weighted by atomic mass is 10.2. The number of aliphatic hydroxyl groups is 1. The van der Waals surface area contributed by atoms with Crippen molar-refractivity contribution in [3.63, 3.8) is 0 Å². The van der Waals surface area contributed by atoms with Crippen molar-refractivity contribution in [1.82, 2.24) is 4.57 Å². The van der Waals surface area contributed by atoms with Crippen LogP contribution >= 0.6 is 34.2 Å². The number of alkyl halides is 1. The smallest absolute Gasteiger partial charge is 0.141 e. The molecule has 2 rings (SSSR count). The van der Waals surface area contributed by atoms with Crippen molar-refractivity contribution >= 4 is 53.2 Å². The highest BCUT2D eigenvalue weighted by molar-refractivity contribution is 14.1. The Morgan fingerprint density at radius 3 is 2.61 bits per heavy atom. The van der Waals surface area contributed by atoms with Gasteiger partial charge < -0.3 is 19.1 Å². The lowest BCUT2D eigenvalue weighted by Gasteiger charge is -2.16. The van der Waals surface area contributed by atoms with Gasteiger partial charge in [0, 0.05) is 31.8 Å². The highest BCUT2D eigenvalue weighted by atomic mass is 127. The summed E-state index contributed by atoms with van der Waals surface area (Å²) in [5.74, 6) is 0.652. The van der Waals surface area contributed by atoms with E-state index in [1.807, 2.05) is 22.8 Å². The fourth-order valence-corrected chi connectivity index (χ4v) is 3.63. The first-order chi connectivity index (χ1) is 10.9. The van der Waals surface area contributed by atoms with Gasteiger partial charge in [0.25, 0.3) is 0 Å². The maximum atomic E-state index is 9.61. The molecule has 0 radical (unpaired) electrons. The van der Waals surface area contributed by atoms with Gasteiger partial charge in [0.2, 0.25) is 0 Å². The molecule has 0 unspecified atom stereocenters. The minimum absolute atomic E-state index is 0.0356. The molecule has 2 aromatic rings. The standard InChI is InChI=1S/C16H23ClINO3Si/c1-23(2,3)5-4-21-11-19-13(9-20)6-12-7-14(17)16(22-10-18)8-15(12)19/h6-8,20H,4-5,9-11H2,1-3H3. The van der Waals surface area contributed by atoms with E-state index in [9.17, 15) is 5.11 Å². The van der Waals surface area contributed by atoms with Gasteiger partial charge in [-0.3, -0.25) is 0 Å². The van der Waals surface area contributed by atoms with E-state index in [2.05, 4.69) is 42.2 Å². The molecule has 0 spiro atoms. The van der Waals surface area contributed by atoms with E-state index in [-0.39, 0.29) is 6.61 Å². The molecule has 0 aliphatic carbocycles. The number of ether oxygens (including phenoxy) is 2. The summed E-state index contributed by atoms with van der Waals surface area (Å²) in [5.41, 5.74) is 1.78. The van der Waals surface area contributed by atoms with Crippen LogP contribution in [0.15, 0.2) is 18.2 Å². The Morgan fingerprint density at radius 2 is 2.00 bits per heavy atom. The average molecular weight is 468 g/mol. The predicted octanol–water partition coefficient (Wildman–Crippen LogP) is 4.87. The third-order valence-corrected chi connectivity index (χ3v) is 5.94. The number of aliphatic hydroxyl groups excluding tert-OH is 1. The second kappa shape index (κ2) is 8.20. The highest BCUT2D eigenvalue weighted by Crippen LogP contribution is 2.32. The van der Waals surface area contributed by atoms with Crippen LogP contribution in [0.4, 0.5) is 0 Å². The van der Waals surface area contributed by atoms with Crippen molar-refractivity contribution < 1.29 is 14.6 Å². The van der Waals surface area contributed by atoms with E-state index in [0.717, 1.165) is 29.2 Å². The number of halogens is 2. The van der Waals surface area contributed by atoms with Gasteiger partial charge in [-0.05, 0) is 40.8 Å². The van der Waals surface area contributed by atoms with Gasteiger partial charge in [-0.15, -0.1) is 0 Å². The van der Waals surface area contributed by atoms with Crippen molar-refractivity contribution in [2.24, 2.45) is 0 Å². The molecule has 0 amide bonds. The van der Waals surface area contributed by atoms with Crippen molar-refractivity contribution in [3.8, 4) is 5.75 Å². The second-order valence-electron chi connectivity index (χ2n) is 6.66. The van der Waals surface area contributed by atoms with Crippen LogP contribution in [-0.4, -0.2) is 29.0 Å². The second-order valence-corrected chi connectivity index (χ2v) is 13.3. The summed E-state index contributed by atoms with van der Waals surface area (Å²) in [5, 5.41) is 11.2. The molecule has 4 nitrogen and oxygen atoms in total. The van der Waals surface area contributed by atoms with E-state index in [0.29, 0.717) is 22.1 Å². The molecule has 0 bridgehead atoms. The molecule has 0 aliphatic rings. The molecule has 128 valence electrons. The molecule has 1 aromatic heterocycles. The van der Waals surface area contributed by atoms with E-state index in [1.165, 1.54) is 0 Å². The molecule has 0 atom stereocenters. The molecule has 0 saturated heterocycles. The van der Waals surface area contributed by atoms with Gasteiger partial charge in [-0.1, -0.05) is 31.2 Å². The molecule has 1 aromatic carbocycles. The Balaban J connectivity index is 2.24. The molecule has 1 heterocycles. The van der Waals surface area contributed by atoms with Gasteiger partial charge in [0.1, 0.15) is 17.1 Å². The van der Waals surface area contributed by atoms with Gasteiger partial charge in [-0.2, -0.15) is 0 Å². The van der Waals surface area contributed by atoms with E-state index >= 15 is 0 Å². The summed E-state index contributed by atoms with van der Waals surface area (Å²) >= 11 is 8.38. The van der Waals surface area contributed by atoms with Gasteiger partial charge in [-0.25, -0.2) is 0 Å². The Hall–Kier alpha value is -0.283. The Kier molecular flexibility index (Phi) is 6.79. The number of rotatable bonds is 8. The number of aromatic nitrogens is 1. The lowest BCUT2D eigenvalue weighted by molar-refractivity contribution is 0.0854. The van der Waals surface area contributed by atoms with Gasteiger partial charge in [0.15, 0.2) is 0 Å². The highest BCUT2D eigenvalue weighted by Gasteiger charge is 2.14. The Bertz CT molecular complexity index is 669. The molecular weight excluding hydrogens is 445 g/mol. The number of benzene rings is 1. The van der Waals surface area contributed by atoms with Crippen molar-refractivity contribution in [1.29, 1.82) is 0 Å². The molecule has 7 heteroatoms. The van der Waals surface area contributed by atoms with Crippen LogP contribution in [0.3, 0.4) is 0 Å². The molecule has 23 heavy (non-hydrogen) atoms. The number of nitrogens with zero attached hydrogens (tertiary/aromatic N) is 1. The van der Waals surface area contributed by atoms with Crippen molar-refractivity contribution in [2.75, 3.05) is 11.2 Å². The fraction of sp³-hybridized carbons (Fsp3) is 0.500. The van der Waals surface area contributed by atoms with Crippen LogP contribution in [0.1, 0.15) is 5.69 Å².